The first-order valence-electron chi connectivity index (χ1n) is 12.5. The molecule has 3 aromatic rings. The number of pyridine rings is 1. The molecule has 0 aliphatic carbocycles. The molecule has 0 radical (unpaired) electrons. The molecule has 1 spiro atoms. The van der Waals surface area contributed by atoms with Crippen molar-refractivity contribution in [2.45, 2.75) is 37.8 Å². The highest BCUT2D eigenvalue weighted by atomic mass is 16.2. The smallest absolute Gasteiger partial charge is 0.309 e. The summed E-state index contributed by atoms with van der Waals surface area (Å²) in [6.07, 6.45) is 6.50. The predicted molar refractivity (Wildman–Crippen MR) is 136 cm³/mol. The minimum Gasteiger partial charge on any atom is -0.309 e. The van der Waals surface area contributed by atoms with Gasteiger partial charge in [0, 0.05) is 38.6 Å². The van der Waals surface area contributed by atoms with Crippen LogP contribution >= 0.6 is 0 Å². The maximum absolute atomic E-state index is 13.8. The molecule has 0 atom stereocenters. The lowest BCUT2D eigenvalue weighted by atomic mass is 9.85. The summed E-state index contributed by atoms with van der Waals surface area (Å²) in [6, 6.07) is 24.3. The molecule has 3 heterocycles. The summed E-state index contributed by atoms with van der Waals surface area (Å²) in [7, 11) is 0. The van der Waals surface area contributed by atoms with Gasteiger partial charge in [-0.15, -0.1) is 0 Å². The third kappa shape index (κ3) is 4.98. The molecule has 1 aromatic heterocycles. The van der Waals surface area contributed by atoms with Crippen LogP contribution in [0.1, 0.15) is 29.5 Å². The van der Waals surface area contributed by atoms with Gasteiger partial charge in [-0.25, -0.2) is 4.79 Å². The maximum Gasteiger partial charge on any atom is 0.328 e. The number of carbonyl (C=O) groups excluding carboxylic acids is 2. The van der Waals surface area contributed by atoms with Crippen LogP contribution in [0.15, 0.2) is 85.2 Å². The van der Waals surface area contributed by atoms with Crippen LogP contribution in [0, 0.1) is 0 Å². The van der Waals surface area contributed by atoms with Crippen molar-refractivity contribution >= 4 is 11.9 Å². The number of benzene rings is 2. The average molecular weight is 469 g/mol. The van der Waals surface area contributed by atoms with Gasteiger partial charge in [-0.1, -0.05) is 66.7 Å². The van der Waals surface area contributed by atoms with Crippen molar-refractivity contribution in [2.24, 2.45) is 0 Å². The van der Waals surface area contributed by atoms with E-state index in [-0.39, 0.29) is 18.5 Å². The van der Waals surface area contributed by atoms with Gasteiger partial charge in [-0.2, -0.15) is 0 Å². The van der Waals surface area contributed by atoms with Gasteiger partial charge < -0.3 is 9.80 Å². The van der Waals surface area contributed by atoms with Gasteiger partial charge in [-0.05, 0) is 48.4 Å². The largest absolute Gasteiger partial charge is 0.328 e. The molecule has 2 saturated heterocycles. The third-order valence-electron chi connectivity index (χ3n) is 7.39. The number of nitrogens with zero attached hydrogens (tertiary/aromatic N) is 4. The Kier molecular flexibility index (Phi) is 6.91. The molecule has 0 N–H and O–H groups in total. The topological polar surface area (TPSA) is 56.8 Å². The highest BCUT2D eigenvalue weighted by molar-refractivity contribution is 6.07. The number of carbonyl (C=O) groups is 2. The van der Waals surface area contributed by atoms with E-state index in [0.29, 0.717) is 19.4 Å². The molecule has 5 rings (SSSR count). The van der Waals surface area contributed by atoms with Crippen molar-refractivity contribution < 1.29 is 9.59 Å². The van der Waals surface area contributed by atoms with Gasteiger partial charge in [0.15, 0.2) is 0 Å². The highest BCUT2D eigenvalue weighted by Crippen LogP contribution is 2.38. The summed E-state index contributed by atoms with van der Waals surface area (Å²) in [4.78, 5) is 37.3. The van der Waals surface area contributed by atoms with Crippen LogP contribution < -0.4 is 0 Å². The summed E-state index contributed by atoms with van der Waals surface area (Å²) in [5.74, 6) is -0.0536. The Bertz CT molecular complexity index is 1130. The molecule has 0 bridgehead atoms. The van der Waals surface area contributed by atoms with Crippen molar-refractivity contribution in [1.29, 1.82) is 0 Å². The van der Waals surface area contributed by atoms with Gasteiger partial charge >= 0.3 is 6.03 Å². The molecule has 35 heavy (non-hydrogen) atoms. The Morgan fingerprint density at radius 1 is 0.743 bits per heavy atom. The monoisotopic (exact) mass is 468 g/mol. The van der Waals surface area contributed by atoms with E-state index in [0.717, 1.165) is 38.0 Å². The lowest BCUT2D eigenvalue weighted by Crippen LogP contribution is -2.57. The molecule has 2 aliphatic heterocycles. The zero-order valence-corrected chi connectivity index (χ0v) is 20.1. The Morgan fingerprint density at radius 3 is 1.94 bits per heavy atom. The molecule has 0 unspecified atom stereocenters. The van der Waals surface area contributed by atoms with Crippen LogP contribution in [0.2, 0.25) is 0 Å². The highest BCUT2D eigenvalue weighted by Gasteiger charge is 2.57. The third-order valence-corrected chi connectivity index (χ3v) is 7.39. The van der Waals surface area contributed by atoms with Crippen LogP contribution in [0.5, 0.6) is 0 Å². The number of piperidine rings is 1. The van der Waals surface area contributed by atoms with Crippen LogP contribution in [0.25, 0.3) is 0 Å². The summed E-state index contributed by atoms with van der Waals surface area (Å²) in [5.41, 5.74) is 2.62. The van der Waals surface area contributed by atoms with Crippen molar-refractivity contribution in [2.75, 3.05) is 26.2 Å². The summed E-state index contributed by atoms with van der Waals surface area (Å²) < 4.78 is 0. The second-order valence-electron chi connectivity index (χ2n) is 9.53. The number of aromatic nitrogens is 1. The van der Waals surface area contributed by atoms with Crippen LogP contribution in [0.4, 0.5) is 4.79 Å². The number of imide groups is 1. The maximum atomic E-state index is 13.8. The molecule has 2 aromatic carbocycles. The minimum atomic E-state index is -0.753. The Morgan fingerprint density at radius 2 is 1.34 bits per heavy atom. The van der Waals surface area contributed by atoms with Crippen molar-refractivity contribution in [3.05, 3.63) is 102 Å². The molecule has 2 aliphatic rings. The number of likely N-dealkylation sites (tertiary alicyclic amines) is 1. The van der Waals surface area contributed by atoms with Crippen molar-refractivity contribution in [3.8, 4) is 0 Å². The second kappa shape index (κ2) is 10.4. The number of urea groups is 1. The van der Waals surface area contributed by atoms with Crippen molar-refractivity contribution in [1.82, 2.24) is 19.7 Å². The van der Waals surface area contributed by atoms with E-state index >= 15 is 0 Å². The molecule has 0 saturated carbocycles. The first-order chi connectivity index (χ1) is 17.2. The van der Waals surface area contributed by atoms with Gasteiger partial charge in [-0.3, -0.25) is 14.7 Å². The normalized spacial score (nSPS) is 17.9. The van der Waals surface area contributed by atoms with E-state index in [1.807, 2.05) is 41.3 Å². The molecular weight excluding hydrogens is 436 g/mol. The fourth-order valence-electron chi connectivity index (χ4n) is 5.35. The quantitative estimate of drug-likeness (QED) is 0.466. The molecule has 180 valence electrons. The van der Waals surface area contributed by atoms with E-state index in [1.54, 1.807) is 12.4 Å². The summed E-state index contributed by atoms with van der Waals surface area (Å²) >= 11 is 0. The summed E-state index contributed by atoms with van der Waals surface area (Å²) in [6.45, 7) is 3.41. The van der Waals surface area contributed by atoms with Crippen LogP contribution in [0.3, 0.4) is 0 Å². The fraction of sp³-hybridized carbons (Fsp3) is 0.345. The van der Waals surface area contributed by atoms with E-state index < -0.39 is 5.54 Å². The zero-order valence-electron chi connectivity index (χ0n) is 20.1. The number of hydrogen-bond acceptors (Lipinski definition) is 4. The first-order valence-corrected chi connectivity index (χ1v) is 12.5. The van der Waals surface area contributed by atoms with Crippen LogP contribution in [-0.4, -0.2) is 63.3 Å². The number of rotatable bonds is 8. The molecule has 2 fully saturated rings. The SMILES string of the molecule is O=C1N(Cc2cccnc2)C(=O)C2(CCN(CCc3ccccc3)CC2)N1CCc1ccccc1. The molecule has 3 amide bonds. The van der Waals surface area contributed by atoms with Crippen LogP contribution in [-0.2, 0) is 24.2 Å². The lowest BCUT2D eigenvalue weighted by molar-refractivity contribution is -0.136. The van der Waals surface area contributed by atoms with E-state index in [2.05, 4.69) is 46.3 Å². The number of amides is 3. The van der Waals surface area contributed by atoms with Gasteiger partial charge in [0.2, 0.25) is 0 Å². The van der Waals surface area contributed by atoms with E-state index in [9.17, 15) is 9.59 Å². The number of hydrogen-bond donors (Lipinski definition) is 0. The first kappa shape index (κ1) is 23.2. The van der Waals surface area contributed by atoms with E-state index in [1.165, 1.54) is 16.0 Å². The van der Waals surface area contributed by atoms with E-state index in [4.69, 9.17) is 0 Å². The molecule has 6 nitrogen and oxygen atoms in total. The molecular formula is C29H32N4O2. The lowest BCUT2D eigenvalue weighted by Gasteiger charge is -2.42. The summed E-state index contributed by atoms with van der Waals surface area (Å²) in [5, 5.41) is 0. The Balaban J connectivity index is 1.31. The average Bonchev–Trinajstić information content (AvgIpc) is 3.10. The second-order valence-corrected chi connectivity index (χ2v) is 9.53. The van der Waals surface area contributed by atoms with Crippen molar-refractivity contribution in [3.63, 3.8) is 0 Å². The predicted octanol–water partition coefficient (Wildman–Crippen LogP) is 4.17. The van der Waals surface area contributed by atoms with Gasteiger partial charge in [0.1, 0.15) is 5.54 Å². The Hall–Kier alpha value is -3.51. The standard InChI is InChI=1S/C29H32N4O2/c34-27-29(15-20-31(21-16-29)18-13-24-8-3-1-4-9-24)33(19-14-25-10-5-2-6-11-25)28(35)32(27)23-26-12-7-17-30-22-26/h1-12,17,22H,13-16,18-21,23H2. The minimum absolute atomic E-state index is 0.0536. The van der Waals surface area contributed by atoms with Gasteiger partial charge in [0.05, 0.1) is 6.54 Å². The van der Waals surface area contributed by atoms with Gasteiger partial charge in [0.25, 0.3) is 5.91 Å². The zero-order chi connectivity index (χ0) is 24.1. The molecule has 6 heteroatoms. The Labute approximate surface area is 207 Å². The fourth-order valence-corrected chi connectivity index (χ4v) is 5.35.